The van der Waals surface area contributed by atoms with Crippen LogP contribution in [-0.2, 0) is 4.74 Å². The first kappa shape index (κ1) is 9.04. The lowest BCUT2D eigenvalue weighted by atomic mass is 10.0. The van der Waals surface area contributed by atoms with Crippen molar-refractivity contribution in [3.05, 3.63) is 28.8 Å². The smallest absolute Gasteiger partial charge is 0.139 e. The Hall–Kier alpha value is -1.53. The quantitative estimate of drug-likeness (QED) is 0.668. The Kier molecular flexibility index (Phi) is 2.14. The summed E-state index contributed by atoms with van der Waals surface area (Å²) in [7, 11) is 1.58. The van der Waals surface area contributed by atoms with Gasteiger partial charge in [0.25, 0.3) is 0 Å². The van der Waals surface area contributed by atoms with Gasteiger partial charge in [0.05, 0.1) is 19.3 Å². The van der Waals surface area contributed by atoms with Crippen molar-refractivity contribution in [1.82, 2.24) is 0 Å². The van der Waals surface area contributed by atoms with E-state index in [4.69, 9.17) is 14.7 Å². The van der Waals surface area contributed by atoms with Gasteiger partial charge in [0.2, 0.25) is 0 Å². The van der Waals surface area contributed by atoms with E-state index < -0.39 is 0 Å². The molecule has 1 aromatic carbocycles. The van der Waals surface area contributed by atoms with Crippen molar-refractivity contribution in [3.8, 4) is 11.8 Å². The zero-order valence-electron chi connectivity index (χ0n) is 8.20. The molecule has 1 aliphatic rings. The lowest BCUT2D eigenvalue weighted by Crippen LogP contribution is -1.96. The Balaban J connectivity index is 2.52. The Morgan fingerprint density at radius 1 is 1.57 bits per heavy atom. The van der Waals surface area contributed by atoms with Gasteiger partial charge in [-0.2, -0.15) is 5.26 Å². The van der Waals surface area contributed by atoms with Crippen LogP contribution >= 0.6 is 0 Å². The fourth-order valence-electron chi connectivity index (χ4n) is 1.63. The van der Waals surface area contributed by atoms with Crippen molar-refractivity contribution in [1.29, 1.82) is 5.26 Å². The van der Waals surface area contributed by atoms with Crippen LogP contribution in [0.15, 0.2) is 12.1 Å². The number of benzene rings is 1. The molecule has 0 unspecified atom stereocenters. The third kappa shape index (κ3) is 1.34. The van der Waals surface area contributed by atoms with Gasteiger partial charge in [-0.1, -0.05) is 6.07 Å². The summed E-state index contributed by atoms with van der Waals surface area (Å²) < 4.78 is 10.4. The van der Waals surface area contributed by atoms with E-state index in [0.29, 0.717) is 11.3 Å². The van der Waals surface area contributed by atoms with Crippen LogP contribution in [0.25, 0.3) is 0 Å². The molecule has 0 amide bonds. The summed E-state index contributed by atoms with van der Waals surface area (Å²) in [6, 6.07) is 5.83. The van der Waals surface area contributed by atoms with Crippen molar-refractivity contribution >= 4 is 0 Å². The molecule has 3 heteroatoms. The van der Waals surface area contributed by atoms with E-state index in [1.807, 2.05) is 13.0 Å². The lowest BCUT2D eigenvalue weighted by molar-refractivity contribution is 0.400. The van der Waals surface area contributed by atoms with Gasteiger partial charge < -0.3 is 9.47 Å². The molecule has 1 aliphatic heterocycles. The third-order valence-corrected chi connectivity index (χ3v) is 2.45. The summed E-state index contributed by atoms with van der Waals surface area (Å²) in [5.41, 5.74) is 2.71. The molecule has 0 spiro atoms. The van der Waals surface area contributed by atoms with Crippen LogP contribution in [0.4, 0.5) is 0 Å². The summed E-state index contributed by atoms with van der Waals surface area (Å²) >= 11 is 0. The first-order valence-corrected chi connectivity index (χ1v) is 4.47. The number of hydrogen-bond donors (Lipinski definition) is 0. The number of epoxide rings is 1. The highest BCUT2D eigenvalue weighted by Gasteiger charge is 2.28. The van der Waals surface area contributed by atoms with Gasteiger partial charge in [0, 0.05) is 0 Å². The Morgan fingerprint density at radius 2 is 2.29 bits per heavy atom. The molecule has 0 aliphatic carbocycles. The van der Waals surface area contributed by atoms with Crippen LogP contribution < -0.4 is 4.74 Å². The molecule has 0 radical (unpaired) electrons. The van der Waals surface area contributed by atoms with E-state index in [2.05, 4.69) is 6.07 Å². The van der Waals surface area contributed by atoms with Crippen molar-refractivity contribution in [2.45, 2.75) is 13.0 Å². The predicted molar refractivity (Wildman–Crippen MR) is 51.1 cm³/mol. The van der Waals surface area contributed by atoms with Crippen molar-refractivity contribution in [2.24, 2.45) is 0 Å². The molecule has 1 aromatic rings. The molecule has 0 saturated carbocycles. The first-order chi connectivity index (χ1) is 6.77. The number of ether oxygens (including phenoxy) is 2. The van der Waals surface area contributed by atoms with E-state index in [1.165, 1.54) is 0 Å². The van der Waals surface area contributed by atoms with E-state index in [1.54, 1.807) is 13.2 Å². The van der Waals surface area contributed by atoms with Crippen LogP contribution in [-0.4, -0.2) is 13.7 Å². The van der Waals surface area contributed by atoms with Gasteiger partial charge in [-0.3, -0.25) is 0 Å². The monoisotopic (exact) mass is 189 g/mol. The maximum absolute atomic E-state index is 8.86. The molecule has 1 fully saturated rings. The van der Waals surface area contributed by atoms with Crippen LogP contribution in [0.5, 0.6) is 5.75 Å². The number of hydrogen-bond acceptors (Lipinski definition) is 3. The highest BCUT2D eigenvalue weighted by atomic mass is 16.6. The van der Waals surface area contributed by atoms with Crippen LogP contribution in [0, 0.1) is 18.3 Å². The molecule has 3 nitrogen and oxygen atoms in total. The average molecular weight is 189 g/mol. The number of nitriles is 1. The zero-order valence-corrected chi connectivity index (χ0v) is 8.20. The van der Waals surface area contributed by atoms with Gasteiger partial charge in [0.1, 0.15) is 17.9 Å². The van der Waals surface area contributed by atoms with E-state index in [-0.39, 0.29) is 6.10 Å². The molecule has 0 bridgehead atoms. The zero-order chi connectivity index (χ0) is 10.1. The van der Waals surface area contributed by atoms with Crippen molar-refractivity contribution in [3.63, 3.8) is 0 Å². The molecule has 0 aromatic heterocycles. The number of rotatable bonds is 2. The van der Waals surface area contributed by atoms with Crippen LogP contribution in [0.3, 0.4) is 0 Å². The fraction of sp³-hybridized carbons (Fsp3) is 0.364. The van der Waals surface area contributed by atoms with Gasteiger partial charge >= 0.3 is 0 Å². The lowest BCUT2D eigenvalue weighted by Gasteiger charge is -2.09. The van der Waals surface area contributed by atoms with Gasteiger partial charge in [-0.15, -0.1) is 0 Å². The molecule has 14 heavy (non-hydrogen) atoms. The maximum atomic E-state index is 8.86. The molecule has 1 atom stereocenters. The Morgan fingerprint density at radius 3 is 2.79 bits per heavy atom. The second kappa shape index (κ2) is 3.32. The largest absolute Gasteiger partial charge is 0.495 e. The topological polar surface area (TPSA) is 45.5 Å². The standard InChI is InChI=1S/C11H11NO2/c1-7-9(10-6-14-10)4-3-8(5-12)11(7)13-2/h3-4,10H,6H2,1-2H3/t10-/m1/s1. The summed E-state index contributed by atoms with van der Waals surface area (Å²) in [5, 5.41) is 8.86. The molecule has 1 heterocycles. The van der Waals surface area contributed by atoms with Crippen LogP contribution in [0.2, 0.25) is 0 Å². The Labute approximate surface area is 82.9 Å². The molecule has 1 saturated heterocycles. The molecule has 72 valence electrons. The first-order valence-electron chi connectivity index (χ1n) is 4.47. The van der Waals surface area contributed by atoms with Gasteiger partial charge in [-0.05, 0) is 24.1 Å². The second-order valence-electron chi connectivity index (χ2n) is 3.29. The highest BCUT2D eigenvalue weighted by molar-refractivity contribution is 5.52. The minimum absolute atomic E-state index is 0.205. The molecule has 0 N–H and O–H groups in total. The highest BCUT2D eigenvalue weighted by Crippen LogP contribution is 2.36. The molecular weight excluding hydrogens is 178 g/mol. The summed E-state index contributed by atoms with van der Waals surface area (Å²) in [6.45, 7) is 2.73. The minimum Gasteiger partial charge on any atom is -0.495 e. The summed E-state index contributed by atoms with van der Waals surface area (Å²) in [4.78, 5) is 0. The maximum Gasteiger partial charge on any atom is 0.139 e. The fourth-order valence-corrected chi connectivity index (χ4v) is 1.63. The third-order valence-electron chi connectivity index (χ3n) is 2.45. The normalized spacial score (nSPS) is 18.8. The summed E-state index contributed by atoms with van der Waals surface area (Å²) in [6.07, 6.45) is 0.205. The van der Waals surface area contributed by atoms with E-state index >= 15 is 0 Å². The second-order valence-corrected chi connectivity index (χ2v) is 3.29. The Bertz CT molecular complexity index is 402. The SMILES string of the molecule is COc1c(C#N)ccc([C@H]2CO2)c1C. The van der Waals surface area contributed by atoms with Crippen LogP contribution in [0.1, 0.15) is 22.8 Å². The van der Waals surface area contributed by atoms with Gasteiger partial charge in [-0.25, -0.2) is 0 Å². The number of methoxy groups -OCH3 is 1. The molecule has 2 rings (SSSR count). The van der Waals surface area contributed by atoms with Crippen molar-refractivity contribution in [2.75, 3.05) is 13.7 Å². The predicted octanol–water partition coefficient (Wildman–Crippen LogP) is 1.95. The number of nitrogens with zero attached hydrogens (tertiary/aromatic N) is 1. The average Bonchev–Trinajstić information content (AvgIpc) is 3.00. The van der Waals surface area contributed by atoms with E-state index in [0.717, 1.165) is 17.7 Å². The summed E-state index contributed by atoms with van der Waals surface area (Å²) in [5.74, 6) is 0.667. The van der Waals surface area contributed by atoms with Crippen molar-refractivity contribution < 1.29 is 9.47 Å². The molecular formula is C11H11NO2. The van der Waals surface area contributed by atoms with Gasteiger partial charge in [0.15, 0.2) is 0 Å². The minimum atomic E-state index is 0.205. The van der Waals surface area contributed by atoms with E-state index in [9.17, 15) is 0 Å².